The van der Waals surface area contributed by atoms with Gasteiger partial charge in [-0.1, -0.05) is 24.3 Å². The Morgan fingerprint density at radius 2 is 1.82 bits per heavy atom. The number of benzene rings is 2. The van der Waals surface area contributed by atoms with Crippen molar-refractivity contribution < 1.29 is 23.5 Å². The summed E-state index contributed by atoms with van der Waals surface area (Å²) in [6.45, 7) is 2.90. The smallest absolute Gasteiger partial charge is 0.348 e. The molecule has 0 fully saturated rings. The number of hydrogen-bond acceptors (Lipinski definition) is 5. The van der Waals surface area contributed by atoms with Crippen LogP contribution in [-0.4, -0.2) is 24.3 Å². The number of thiophene rings is 1. The summed E-state index contributed by atoms with van der Waals surface area (Å²) in [7, 11) is 0. The normalized spacial score (nSPS) is 11.8. The zero-order valence-corrected chi connectivity index (χ0v) is 16.1. The maximum absolute atomic E-state index is 13.3. The number of hydrogen-bond donors (Lipinski definition) is 1. The minimum atomic E-state index is -0.620. The lowest BCUT2D eigenvalue weighted by Gasteiger charge is -2.13. The predicted octanol–water partition coefficient (Wildman–Crippen LogP) is 4.28. The van der Waals surface area contributed by atoms with E-state index in [1.165, 1.54) is 30.4 Å². The average molecular weight is 399 g/mol. The van der Waals surface area contributed by atoms with Crippen molar-refractivity contribution in [2.45, 2.75) is 19.9 Å². The van der Waals surface area contributed by atoms with E-state index in [-0.39, 0.29) is 30.2 Å². The van der Waals surface area contributed by atoms with Gasteiger partial charge in [0, 0.05) is 17.2 Å². The molecule has 1 atom stereocenters. The molecule has 7 heteroatoms. The molecule has 0 aliphatic heterocycles. The minimum Gasteiger partial charge on any atom is -0.453 e. The molecule has 28 heavy (non-hydrogen) atoms. The van der Waals surface area contributed by atoms with Crippen molar-refractivity contribution in [2.24, 2.45) is 0 Å². The fourth-order valence-corrected chi connectivity index (χ4v) is 3.68. The first-order valence-electron chi connectivity index (χ1n) is 8.60. The molecule has 0 saturated heterocycles. The van der Waals surface area contributed by atoms with Crippen molar-refractivity contribution in [3.63, 3.8) is 0 Å². The molecule has 2 aromatic carbocycles. The summed E-state index contributed by atoms with van der Waals surface area (Å²) in [6, 6.07) is 12.4. The third-order valence-corrected chi connectivity index (χ3v) is 5.26. The monoisotopic (exact) mass is 399 g/mol. The maximum Gasteiger partial charge on any atom is 0.348 e. The van der Waals surface area contributed by atoms with Crippen molar-refractivity contribution in [1.29, 1.82) is 0 Å². The number of rotatable bonds is 6. The quantitative estimate of drug-likeness (QED) is 0.496. The summed E-state index contributed by atoms with van der Waals surface area (Å²) < 4.78 is 19.1. The first-order chi connectivity index (χ1) is 13.3. The molecule has 0 aliphatic carbocycles. The molecule has 1 aromatic heterocycles. The number of nitrogens with one attached hydrogen (secondary N) is 1. The van der Waals surface area contributed by atoms with Gasteiger partial charge < -0.3 is 10.1 Å². The van der Waals surface area contributed by atoms with E-state index in [0.717, 1.165) is 10.3 Å². The van der Waals surface area contributed by atoms with Gasteiger partial charge in [0.2, 0.25) is 5.91 Å². The molecular weight excluding hydrogens is 381 g/mol. The van der Waals surface area contributed by atoms with Crippen molar-refractivity contribution >= 4 is 39.1 Å². The molecule has 5 nitrogen and oxygen atoms in total. The van der Waals surface area contributed by atoms with Gasteiger partial charge in [0.05, 0.1) is 6.04 Å². The largest absolute Gasteiger partial charge is 0.453 e. The predicted molar refractivity (Wildman–Crippen MR) is 105 cm³/mol. The molecular formula is C21H18FNO4S. The van der Waals surface area contributed by atoms with Crippen molar-refractivity contribution in [2.75, 3.05) is 6.61 Å². The molecule has 0 bridgehead atoms. The van der Waals surface area contributed by atoms with E-state index in [2.05, 4.69) is 5.32 Å². The number of ether oxygens (including phenoxy) is 1. The first-order valence-corrected chi connectivity index (χ1v) is 9.41. The van der Waals surface area contributed by atoms with Crippen LogP contribution in [0.2, 0.25) is 0 Å². The Labute approximate surface area is 165 Å². The molecule has 1 heterocycles. The Kier molecular flexibility index (Phi) is 5.84. The van der Waals surface area contributed by atoms with E-state index in [1.54, 1.807) is 36.4 Å². The van der Waals surface area contributed by atoms with E-state index < -0.39 is 5.97 Å². The highest BCUT2D eigenvalue weighted by Gasteiger charge is 2.15. The maximum atomic E-state index is 13.3. The number of carbonyl (C=O) groups is 3. The number of amides is 1. The summed E-state index contributed by atoms with van der Waals surface area (Å²) in [5.74, 6) is -1.47. The molecule has 1 amide bonds. The molecule has 3 rings (SSSR count). The zero-order chi connectivity index (χ0) is 20.3. The van der Waals surface area contributed by atoms with E-state index in [9.17, 15) is 18.8 Å². The molecule has 144 valence electrons. The highest BCUT2D eigenvalue weighted by atomic mass is 32.1. The van der Waals surface area contributed by atoms with Gasteiger partial charge in [0.15, 0.2) is 12.4 Å². The number of Topliss-reactive ketones (excluding diaryl/α,β-unsaturated/α-hetero) is 1. The third kappa shape index (κ3) is 4.61. The number of ketones is 1. The summed E-state index contributed by atoms with van der Waals surface area (Å²) >= 11 is 1.18. The lowest BCUT2D eigenvalue weighted by molar-refractivity contribution is -0.119. The third-order valence-electron chi connectivity index (χ3n) is 4.17. The van der Waals surface area contributed by atoms with Crippen LogP contribution in [0.1, 0.15) is 45.5 Å². The Bertz CT molecular complexity index is 1040. The lowest BCUT2D eigenvalue weighted by Crippen LogP contribution is -2.23. The van der Waals surface area contributed by atoms with Crippen LogP contribution in [0.3, 0.4) is 0 Å². The Morgan fingerprint density at radius 1 is 1.11 bits per heavy atom. The van der Waals surface area contributed by atoms with Gasteiger partial charge in [0.1, 0.15) is 10.7 Å². The molecule has 0 saturated carbocycles. The van der Waals surface area contributed by atoms with Crippen LogP contribution in [0.5, 0.6) is 0 Å². The van der Waals surface area contributed by atoms with Gasteiger partial charge in [0.25, 0.3) is 0 Å². The van der Waals surface area contributed by atoms with Crippen LogP contribution < -0.4 is 5.32 Å². The number of fused-ring (bicyclic) bond motifs is 1. The van der Waals surface area contributed by atoms with Crippen LogP contribution in [0.4, 0.5) is 4.39 Å². The minimum absolute atomic E-state index is 0.136. The summed E-state index contributed by atoms with van der Waals surface area (Å²) in [6.07, 6.45) is 0. The summed E-state index contributed by atoms with van der Waals surface area (Å²) in [5.41, 5.74) is 1.27. The number of carbonyl (C=O) groups excluding carboxylic acids is 3. The second kappa shape index (κ2) is 8.31. The summed E-state index contributed by atoms with van der Waals surface area (Å²) in [5, 5.41) is 3.38. The van der Waals surface area contributed by atoms with Gasteiger partial charge in [-0.15, -0.1) is 11.3 Å². The highest BCUT2D eigenvalue weighted by molar-refractivity contribution is 7.20. The number of halogens is 1. The Morgan fingerprint density at radius 3 is 2.50 bits per heavy atom. The van der Waals surface area contributed by atoms with E-state index >= 15 is 0 Å². The van der Waals surface area contributed by atoms with Gasteiger partial charge >= 0.3 is 5.97 Å². The topological polar surface area (TPSA) is 72.5 Å². The zero-order valence-electron chi connectivity index (χ0n) is 15.3. The van der Waals surface area contributed by atoms with E-state index in [1.807, 2.05) is 6.92 Å². The van der Waals surface area contributed by atoms with Gasteiger partial charge in [-0.25, -0.2) is 9.18 Å². The first kappa shape index (κ1) is 19.7. The van der Waals surface area contributed by atoms with E-state index in [4.69, 9.17) is 4.74 Å². The van der Waals surface area contributed by atoms with Gasteiger partial charge in [-0.2, -0.15) is 0 Å². The average Bonchev–Trinajstić information content (AvgIpc) is 3.08. The molecule has 0 radical (unpaired) electrons. The summed E-state index contributed by atoms with van der Waals surface area (Å²) in [4.78, 5) is 35.9. The van der Waals surface area contributed by atoms with Crippen molar-refractivity contribution in [1.82, 2.24) is 5.32 Å². The van der Waals surface area contributed by atoms with Gasteiger partial charge in [-0.3, -0.25) is 9.59 Å². The highest BCUT2D eigenvalue weighted by Crippen LogP contribution is 2.26. The van der Waals surface area contributed by atoms with Crippen molar-refractivity contribution in [3.05, 3.63) is 70.4 Å². The van der Waals surface area contributed by atoms with Crippen LogP contribution >= 0.6 is 11.3 Å². The van der Waals surface area contributed by atoms with Crippen LogP contribution in [-0.2, 0) is 9.53 Å². The fraction of sp³-hybridized carbons (Fsp3) is 0.190. The molecule has 0 unspecified atom stereocenters. The molecule has 3 aromatic rings. The molecule has 0 spiro atoms. The number of esters is 1. The standard InChI is InChI=1S/C21H18FNO4S/c1-12(23-13(2)24)14-3-5-15(6-4-14)18(25)11-27-21(26)20-10-16-9-17(22)7-8-19(16)28-20/h3-10,12H,11H2,1-2H3,(H,23,24)/t12-/m1/s1. The second-order valence-electron chi connectivity index (χ2n) is 6.34. The Balaban J connectivity index is 1.61. The van der Waals surface area contributed by atoms with Gasteiger partial charge in [-0.05, 0) is 42.1 Å². The van der Waals surface area contributed by atoms with Crippen LogP contribution in [0.15, 0.2) is 48.5 Å². The Hall–Kier alpha value is -3.06. The van der Waals surface area contributed by atoms with Crippen LogP contribution in [0.25, 0.3) is 10.1 Å². The van der Waals surface area contributed by atoms with Crippen molar-refractivity contribution in [3.8, 4) is 0 Å². The fourth-order valence-electron chi connectivity index (χ4n) is 2.75. The van der Waals surface area contributed by atoms with Crippen LogP contribution in [0, 0.1) is 5.82 Å². The molecule has 0 aliphatic rings. The SMILES string of the molecule is CC(=O)N[C@H](C)c1ccc(C(=O)COC(=O)c2cc3cc(F)ccc3s2)cc1. The van der Waals surface area contributed by atoms with E-state index in [0.29, 0.717) is 15.8 Å². The lowest BCUT2D eigenvalue weighted by atomic mass is 10.0. The second-order valence-corrected chi connectivity index (χ2v) is 7.42. The molecule has 1 N–H and O–H groups in total.